The van der Waals surface area contributed by atoms with Gasteiger partial charge in [0.25, 0.3) is 0 Å². The number of likely N-dealkylation sites (N-methyl/N-ethyl adjacent to an activating group) is 1. The molecule has 2 unspecified atom stereocenters. The van der Waals surface area contributed by atoms with Crippen molar-refractivity contribution in [3.63, 3.8) is 0 Å². The molecule has 2 atom stereocenters. The quantitative estimate of drug-likeness (QED) is 0.820. The molecule has 3 heteroatoms. The van der Waals surface area contributed by atoms with E-state index in [0.29, 0.717) is 5.92 Å². The standard InChI is InChI=1S/C16H25NO2/c1-3-17-16(15-6-4-13(2)5-7-15)12-19-11-14-8-9-18-10-14/h4-7,14,16-17H,3,8-12H2,1-2H3. The van der Waals surface area contributed by atoms with E-state index >= 15 is 0 Å². The van der Waals surface area contributed by atoms with Crippen molar-refractivity contribution < 1.29 is 9.47 Å². The molecule has 2 rings (SSSR count). The van der Waals surface area contributed by atoms with Gasteiger partial charge in [-0.1, -0.05) is 36.8 Å². The molecule has 19 heavy (non-hydrogen) atoms. The lowest BCUT2D eigenvalue weighted by atomic mass is 10.1. The highest BCUT2D eigenvalue weighted by molar-refractivity contribution is 5.24. The zero-order valence-corrected chi connectivity index (χ0v) is 12.0. The Bertz CT molecular complexity index is 358. The average Bonchev–Trinajstić information content (AvgIpc) is 2.92. The number of ether oxygens (including phenoxy) is 2. The molecule has 0 radical (unpaired) electrons. The minimum atomic E-state index is 0.285. The number of hydrogen-bond donors (Lipinski definition) is 1. The molecule has 1 fully saturated rings. The van der Waals surface area contributed by atoms with Crippen molar-refractivity contribution in [1.82, 2.24) is 5.32 Å². The molecule has 0 saturated carbocycles. The van der Waals surface area contributed by atoms with Crippen molar-refractivity contribution in [2.75, 3.05) is 33.0 Å². The number of aryl methyl sites for hydroxylation is 1. The lowest BCUT2D eigenvalue weighted by Crippen LogP contribution is -2.26. The Kier molecular flexibility index (Phi) is 5.83. The summed E-state index contributed by atoms with van der Waals surface area (Å²) in [7, 11) is 0. The first-order valence-electron chi connectivity index (χ1n) is 7.25. The Hall–Kier alpha value is -0.900. The van der Waals surface area contributed by atoms with Gasteiger partial charge in [0.05, 0.1) is 25.9 Å². The largest absolute Gasteiger partial charge is 0.381 e. The van der Waals surface area contributed by atoms with Crippen LogP contribution in [0.25, 0.3) is 0 Å². The highest BCUT2D eigenvalue weighted by Gasteiger charge is 2.17. The Labute approximate surface area is 116 Å². The third-order valence-electron chi connectivity index (χ3n) is 3.59. The van der Waals surface area contributed by atoms with Crippen molar-refractivity contribution in [1.29, 1.82) is 0 Å². The van der Waals surface area contributed by atoms with Crippen molar-refractivity contribution in [3.05, 3.63) is 35.4 Å². The van der Waals surface area contributed by atoms with Gasteiger partial charge in [-0.15, -0.1) is 0 Å². The molecule has 1 aliphatic heterocycles. The maximum absolute atomic E-state index is 5.87. The summed E-state index contributed by atoms with van der Waals surface area (Å²) in [6, 6.07) is 8.97. The lowest BCUT2D eigenvalue weighted by Gasteiger charge is -2.19. The van der Waals surface area contributed by atoms with E-state index in [0.717, 1.165) is 39.4 Å². The van der Waals surface area contributed by atoms with Crippen molar-refractivity contribution in [2.24, 2.45) is 5.92 Å². The fourth-order valence-electron chi connectivity index (χ4n) is 2.39. The molecule has 1 aromatic carbocycles. The van der Waals surface area contributed by atoms with E-state index in [4.69, 9.17) is 9.47 Å². The van der Waals surface area contributed by atoms with Gasteiger partial charge in [0.15, 0.2) is 0 Å². The van der Waals surface area contributed by atoms with Gasteiger partial charge < -0.3 is 14.8 Å². The van der Waals surface area contributed by atoms with Gasteiger partial charge in [-0.2, -0.15) is 0 Å². The van der Waals surface area contributed by atoms with Gasteiger partial charge in [-0.3, -0.25) is 0 Å². The molecule has 106 valence electrons. The molecule has 1 N–H and O–H groups in total. The monoisotopic (exact) mass is 263 g/mol. The van der Waals surface area contributed by atoms with Gasteiger partial charge in [-0.05, 0) is 25.5 Å². The molecule has 1 heterocycles. The number of nitrogens with one attached hydrogen (secondary N) is 1. The highest BCUT2D eigenvalue weighted by Crippen LogP contribution is 2.17. The smallest absolute Gasteiger partial charge is 0.0661 e. The zero-order valence-electron chi connectivity index (χ0n) is 12.0. The van der Waals surface area contributed by atoms with E-state index in [2.05, 4.69) is 43.4 Å². The van der Waals surface area contributed by atoms with Crippen LogP contribution < -0.4 is 5.32 Å². The second kappa shape index (κ2) is 7.63. The summed E-state index contributed by atoms with van der Waals surface area (Å²) in [5.74, 6) is 0.584. The molecule has 0 aliphatic carbocycles. The van der Waals surface area contributed by atoms with E-state index in [9.17, 15) is 0 Å². The van der Waals surface area contributed by atoms with Crippen LogP contribution in [0.5, 0.6) is 0 Å². The van der Waals surface area contributed by atoms with Crippen molar-refractivity contribution in [2.45, 2.75) is 26.3 Å². The second-order valence-electron chi connectivity index (χ2n) is 5.29. The van der Waals surface area contributed by atoms with Gasteiger partial charge in [0.1, 0.15) is 0 Å². The maximum Gasteiger partial charge on any atom is 0.0661 e. The molecule has 1 saturated heterocycles. The third-order valence-corrected chi connectivity index (χ3v) is 3.59. The fraction of sp³-hybridized carbons (Fsp3) is 0.625. The molecule has 1 aliphatic rings. The number of benzene rings is 1. The predicted molar refractivity (Wildman–Crippen MR) is 77.3 cm³/mol. The van der Waals surface area contributed by atoms with Crippen LogP contribution in [0.2, 0.25) is 0 Å². The van der Waals surface area contributed by atoms with E-state index < -0.39 is 0 Å². The van der Waals surface area contributed by atoms with Crippen LogP contribution in [-0.2, 0) is 9.47 Å². The first-order chi connectivity index (χ1) is 9.29. The summed E-state index contributed by atoms with van der Waals surface area (Å²) < 4.78 is 11.2. The van der Waals surface area contributed by atoms with Crippen molar-refractivity contribution in [3.8, 4) is 0 Å². The Morgan fingerprint density at radius 3 is 2.79 bits per heavy atom. The first kappa shape index (κ1) is 14.5. The van der Waals surface area contributed by atoms with Crippen LogP contribution in [0.1, 0.15) is 30.5 Å². The average molecular weight is 263 g/mol. The van der Waals surface area contributed by atoms with Gasteiger partial charge in [-0.25, -0.2) is 0 Å². The van der Waals surface area contributed by atoms with E-state index in [1.165, 1.54) is 11.1 Å². The summed E-state index contributed by atoms with van der Waals surface area (Å²) in [6.45, 7) is 8.49. The van der Waals surface area contributed by atoms with Crippen LogP contribution in [0.15, 0.2) is 24.3 Å². The molecule has 3 nitrogen and oxygen atoms in total. The van der Waals surface area contributed by atoms with E-state index in [1.807, 2.05) is 0 Å². The molecular formula is C16H25NO2. The molecule has 0 aromatic heterocycles. The maximum atomic E-state index is 5.87. The van der Waals surface area contributed by atoms with Gasteiger partial charge in [0.2, 0.25) is 0 Å². The SMILES string of the molecule is CCNC(COCC1CCOC1)c1ccc(C)cc1. The Balaban J connectivity index is 1.82. The molecule has 0 bridgehead atoms. The summed E-state index contributed by atoms with van der Waals surface area (Å²) in [6.07, 6.45) is 1.14. The second-order valence-corrected chi connectivity index (χ2v) is 5.29. The highest BCUT2D eigenvalue weighted by atomic mass is 16.5. The van der Waals surface area contributed by atoms with Crippen LogP contribution in [0, 0.1) is 12.8 Å². The van der Waals surface area contributed by atoms with Crippen molar-refractivity contribution >= 4 is 0 Å². The van der Waals surface area contributed by atoms with Crippen LogP contribution in [-0.4, -0.2) is 33.0 Å². The summed E-state index contributed by atoms with van der Waals surface area (Å²) >= 11 is 0. The fourth-order valence-corrected chi connectivity index (χ4v) is 2.39. The van der Waals surface area contributed by atoms with Crippen LogP contribution in [0.4, 0.5) is 0 Å². The minimum Gasteiger partial charge on any atom is -0.381 e. The van der Waals surface area contributed by atoms with Gasteiger partial charge in [0, 0.05) is 12.5 Å². The topological polar surface area (TPSA) is 30.5 Å². The van der Waals surface area contributed by atoms with E-state index in [1.54, 1.807) is 0 Å². The zero-order chi connectivity index (χ0) is 13.5. The Morgan fingerprint density at radius 1 is 1.37 bits per heavy atom. The first-order valence-corrected chi connectivity index (χ1v) is 7.25. The molecule has 0 spiro atoms. The number of hydrogen-bond acceptors (Lipinski definition) is 3. The summed E-state index contributed by atoms with van der Waals surface area (Å²) in [5, 5.41) is 3.49. The van der Waals surface area contributed by atoms with Gasteiger partial charge >= 0.3 is 0 Å². The summed E-state index contributed by atoms with van der Waals surface area (Å²) in [4.78, 5) is 0. The molecule has 0 amide bonds. The third kappa shape index (κ3) is 4.60. The van der Waals surface area contributed by atoms with Crippen LogP contribution in [0.3, 0.4) is 0 Å². The lowest BCUT2D eigenvalue weighted by molar-refractivity contribution is 0.0747. The van der Waals surface area contributed by atoms with E-state index in [-0.39, 0.29) is 6.04 Å². The molecular weight excluding hydrogens is 238 g/mol. The minimum absolute atomic E-state index is 0.285. The molecule has 1 aromatic rings. The summed E-state index contributed by atoms with van der Waals surface area (Å²) in [5.41, 5.74) is 2.60. The van der Waals surface area contributed by atoms with Crippen LogP contribution >= 0.6 is 0 Å². The normalized spacial score (nSPS) is 20.6. The Morgan fingerprint density at radius 2 is 2.16 bits per heavy atom. The predicted octanol–water partition coefficient (Wildman–Crippen LogP) is 2.70. The number of rotatable bonds is 7.